The van der Waals surface area contributed by atoms with E-state index >= 15 is 0 Å². The summed E-state index contributed by atoms with van der Waals surface area (Å²) in [6.45, 7) is 3.34. The summed E-state index contributed by atoms with van der Waals surface area (Å²) in [5, 5.41) is 6.06. The lowest BCUT2D eigenvalue weighted by molar-refractivity contribution is -0.134. The SMILES string of the molecule is CCNC(=O)C(NC(=O)C1(c2ccc3nc(CC4CCCCCCC4)[nH]c3c2)CCOC1)C1CCC1. The maximum Gasteiger partial charge on any atom is 0.242 e. The van der Waals surface area contributed by atoms with Crippen molar-refractivity contribution in [2.24, 2.45) is 11.8 Å². The number of aromatic nitrogens is 2. The minimum absolute atomic E-state index is 0.0764. The molecule has 7 nitrogen and oxygen atoms in total. The molecular formula is C29H42N4O3. The minimum Gasteiger partial charge on any atom is -0.380 e. The Morgan fingerprint density at radius 3 is 2.56 bits per heavy atom. The zero-order chi connectivity index (χ0) is 25.0. The van der Waals surface area contributed by atoms with Gasteiger partial charge in [0.05, 0.1) is 23.1 Å². The highest BCUT2D eigenvalue weighted by molar-refractivity contribution is 5.94. The van der Waals surface area contributed by atoms with Gasteiger partial charge in [-0.1, -0.05) is 57.4 Å². The molecule has 5 rings (SSSR count). The predicted molar refractivity (Wildman–Crippen MR) is 141 cm³/mol. The molecule has 2 aliphatic carbocycles. The summed E-state index contributed by atoms with van der Waals surface area (Å²) in [6, 6.07) is 5.67. The van der Waals surface area contributed by atoms with Crippen LogP contribution in [0.5, 0.6) is 0 Å². The Hall–Kier alpha value is -2.41. The smallest absolute Gasteiger partial charge is 0.242 e. The summed E-state index contributed by atoms with van der Waals surface area (Å²) < 4.78 is 5.78. The van der Waals surface area contributed by atoms with Gasteiger partial charge in [-0.2, -0.15) is 0 Å². The van der Waals surface area contributed by atoms with Crippen LogP contribution in [-0.4, -0.2) is 47.6 Å². The number of amides is 2. The monoisotopic (exact) mass is 494 g/mol. The third-order valence-corrected chi connectivity index (χ3v) is 8.79. The van der Waals surface area contributed by atoms with Crippen molar-refractivity contribution in [2.45, 2.75) is 95.4 Å². The van der Waals surface area contributed by atoms with Gasteiger partial charge in [-0.25, -0.2) is 4.98 Å². The number of likely N-dealkylation sites (N-methyl/N-ethyl adjacent to an activating group) is 1. The van der Waals surface area contributed by atoms with Gasteiger partial charge in [0, 0.05) is 19.6 Å². The Kier molecular flexibility index (Phi) is 7.94. The van der Waals surface area contributed by atoms with Crippen LogP contribution in [0.3, 0.4) is 0 Å². The molecule has 1 aliphatic heterocycles. The molecule has 1 saturated heterocycles. The number of H-pyrrole nitrogens is 1. The number of carbonyl (C=O) groups excluding carboxylic acids is 2. The van der Waals surface area contributed by atoms with Gasteiger partial charge < -0.3 is 20.4 Å². The van der Waals surface area contributed by atoms with Crippen LogP contribution < -0.4 is 10.6 Å². The number of nitrogens with zero attached hydrogens (tertiary/aromatic N) is 1. The van der Waals surface area contributed by atoms with Gasteiger partial charge in [-0.05, 0) is 55.7 Å². The number of aromatic amines is 1. The molecule has 196 valence electrons. The lowest BCUT2D eigenvalue weighted by Crippen LogP contribution is -2.57. The fourth-order valence-electron chi connectivity index (χ4n) is 6.31. The summed E-state index contributed by atoms with van der Waals surface area (Å²) in [5.41, 5.74) is 2.08. The number of hydrogen-bond donors (Lipinski definition) is 3. The Morgan fingerprint density at radius 2 is 1.89 bits per heavy atom. The second kappa shape index (κ2) is 11.3. The molecule has 2 heterocycles. The van der Waals surface area contributed by atoms with Gasteiger partial charge in [0.1, 0.15) is 11.9 Å². The summed E-state index contributed by atoms with van der Waals surface area (Å²) in [6.07, 6.45) is 14.0. The van der Waals surface area contributed by atoms with Crippen molar-refractivity contribution in [3.05, 3.63) is 29.6 Å². The molecule has 0 radical (unpaired) electrons. The topological polar surface area (TPSA) is 96.1 Å². The molecule has 2 saturated carbocycles. The average Bonchev–Trinajstić information content (AvgIpc) is 3.46. The molecule has 0 bridgehead atoms. The number of rotatable bonds is 8. The zero-order valence-corrected chi connectivity index (χ0v) is 21.7. The summed E-state index contributed by atoms with van der Waals surface area (Å²) in [5.74, 6) is 1.79. The first-order chi connectivity index (χ1) is 17.6. The molecular weight excluding hydrogens is 452 g/mol. The molecule has 1 aromatic carbocycles. The van der Waals surface area contributed by atoms with Gasteiger partial charge >= 0.3 is 0 Å². The molecule has 3 N–H and O–H groups in total. The van der Waals surface area contributed by atoms with Crippen LogP contribution in [0.15, 0.2) is 18.2 Å². The van der Waals surface area contributed by atoms with E-state index in [2.05, 4.69) is 21.7 Å². The van der Waals surface area contributed by atoms with Crippen LogP contribution in [0, 0.1) is 11.8 Å². The number of nitrogens with one attached hydrogen (secondary N) is 3. The van der Waals surface area contributed by atoms with E-state index in [1.54, 1.807) is 0 Å². The maximum absolute atomic E-state index is 13.8. The number of carbonyl (C=O) groups is 2. The number of ether oxygens (including phenoxy) is 1. The number of benzene rings is 1. The lowest BCUT2D eigenvalue weighted by Gasteiger charge is -2.36. The van der Waals surface area contributed by atoms with Crippen molar-refractivity contribution in [3.63, 3.8) is 0 Å². The molecule has 0 spiro atoms. The molecule has 2 aromatic rings. The van der Waals surface area contributed by atoms with Crippen molar-refractivity contribution in [1.82, 2.24) is 20.6 Å². The van der Waals surface area contributed by atoms with Gasteiger partial charge in [-0.3, -0.25) is 9.59 Å². The highest BCUT2D eigenvalue weighted by Crippen LogP contribution is 2.37. The number of hydrogen-bond acceptors (Lipinski definition) is 4. The van der Waals surface area contributed by atoms with Crippen LogP contribution in [0.4, 0.5) is 0 Å². The van der Waals surface area contributed by atoms with E-state index in [0.717, 1.165) is 48.1 Å². The van der Waals surface area contributed by atoms with E-state index in [4.69, 9.17) is 9.72 Å². The molecule has 2 unspecified atom stereocenters. The van der Waals surface area contributed by atoms with E-state index in [9.17, 15) is 9.59 Å². The zero-order valence-electron chi connectivity index (χ0n) is 21.7. The first kappa shape index (κ1) is 25.2. The van der Waals surface area contributed by atoms with E-state index in [0.29, 0.717) is 32.1 Å². The fraction of sp³-hybridized carbons (Fsp3) is 0.690. The van der Waals surface area contributed by atoms with Crippen LogP contribution >= 0.6 is 0 Å². The van der Waals surface area contributed by atoms with Crippen molar-refractivity contribution < 1.29 is 14.3 Å². The van der Waals surface area contributed by atoms with Crippen molar-refractivity contribution >= 4 is 22.8 Å². The fourth-order valence-corrected chi connectivity index (χ4v) is 6.31. The Labute approximate surface area is 214 Å². The quantitative estimate of drug-likeness (QED) is 0.502. The van der Waals surface area contributed by atoms with Crippen molar-refractivity contribution in [2.75, 3.05) is 19.8 Å². The van der Waals surface area contributed by atoms with Crippen LogP contribution in [-0.2, 0) is 26.2 Å². The summed E-state index contributed by atoms with van der Waals surface area (Å²) in [7, 11) is 0. The maximum atomic E-state index is 13.8. The van der Waals surface area contributed by atoms with E-state index in [1.165, 1.54) is 44.9 Å². The van der Waals surface area contributed by atoms with E-state index in [1.807, 2.05) is 19.1 Å². The summed E-state index contributed by atoms with van der Waals surface area (Å²) >= 11 is 0. The molecule has 7 heteroatoms. The second-order valence-electron chi connectivity index (χ2n) is 11.3. The number of fused-ring (bicyclic) bond motifs is 1. The highest BCUT2D eigenvalue weighted by Gasteiger charge is 2.46. The Bertz CT molecular complexity index is 1050. The van der Waals surface area contributed by atoms with Gasteiger partial charge in [0.15, 0.2) is 0 Å². The first-order valence-corrected chi connectivity index (χ1v) is 14.2. The van der Waals surface area contributed by atoms with Crippen molar-refractivity contribution in [1.29, 1.82) is 0 Å². The van der Waals surface area contributed by atoms with E-state index in [-0.39, 0.29) is 17.7 Å². The third-order valence-electron chi connectivity index (χ3n) is 8.79. The third kappa shape index (κ3) is 5.31. The standard InChI is InChI=1S/C29H42N4O3/c1-2-30-27(34)26(21-11-8-12-21)33-28(35)29(15-16-36-19-29)22-13-14-23-24(18-22)32-25(31-23)17-20-9-6-4-3-5-7-10-20/h13-14,18,20-21,26H,2-12,15-17,19H2,1H3,(H,30,34)(H,31,32)(H,33,35). The van der Waals surface area contributed by atoms with Gasteiger partial charge in [-0.15, -0.1) is 0 Å². The largest absolute Gasteiger partial charge is 0.380 e. The first-order valence-electron chi connectivity index (χ1n) is 14.2. The van der Waals surface area contributed by atoms with Gasteiger partial charge in [0.25, 0.3) is 0 Å². The molecule has 1 aromatic heterocycles. The Morgan fingerprint density at radius 1 is 1.11 bits per heavy atom. The van der Waals surface area contributed by atoms with Crippen LogP contribution in [0.25, 0.3) is 11.0 Å². The van der Waals surface area contributed by atoms with E-state index < -0.39 is 11.5 Å². The van der Waals surface area contributed by atoms with Crippen molar-refractivity contribution in [3.8, 4) is 0 Å². The van der Waals surface area contributed by atoms with Gasteiger partial charge in [0.2, 0.25) is 11.8 Å². The molecule has 2 atom stereocenters. The van der Waals surface area contributed by atoms with Crippen LogP contribution in [0.1, 0.15) is 88.9 Å². The normalized spacial score (nSPS) is 24.6. The molecule has 36 heavy (non-hydrogen) atoms. The second-order valence-corrected chi connectivity index (χ2v) is 11.3. The predicted octanol–water partition coefficient (Wildman–Crippen LogP) is 4.55. The molecule has 3 fully saturated rings. The Balaban J connectivity index is 1.35. The number of imidazole rings is 1. The minimum atomic E-state index is -0.784. The average molecular weight is 495 g/mol. The lowest BCUT2D eigenvalue weighted by atomic mass is 9.76. The summed E-state index contributed by atoms with van der Waals surface area (Å²) in [4.78, 5) is 35.0. The van der Waals surface area contributed by atoms with Crippen LogP contribution in [0.2, 0.25) is 0 Å². The highest BCUT2D eigenvalue weighted by atomic mass is 16.5. The molecule has 3 aliphatic rings. The molecule has 2 amide bonds.